The molecule has 150 valence electrons. The quantitative estimate of drug-likeness (QED) is 0.378. The summed E-state index contributed by atoms with van der Waals surface area (Å²) in [6.07, 6.45) is 5.13. The summed E-state index contributed by atoms with van der Waals surface area (Å²) in [6, 6.07) is 26.9. The highest BCUT2D eigenvalue weighted by molar-refractivity contribution is 6.14. The van der Waals surface area contributed by atoms with Crippen molar-refractivity contribution in [2.75, 3.05) is 0 Å². The Hall–Kier alpha value is -4.58. The topological polar surface area (TPSA) is 61.4 Å². The maximum Gasteiger partial charge on any atom is 0.146 e. The van der Waals surface area contributed by atoms with E-state index >= 15 is 0 Å². The average Bonchev–Trinajstić information content (AvgIpc) is 3.36. The third-order valence-corrected chi connectivity index (χ3v) is 5.93. The van der Waals surface area contributed by atoms with E-state index in [2.05, 4.69) is 84.7 Å². The molecule has 0 aliphatic carbocycles. The molecule has 0 fully saturated rings. The van der Waals surface area contributed by atoms with E-state index in [9.17, 15) is 0 Å². The highest BCUT2D eigenvalue weighted by Crippen LogP contribution is 2.36. The lowest BCUT2D eigenvalue weighted by Crippen LogP contribution is -1.98. The van der Waals surface area contributed by atoms with Crippen molar-refractivity contribution in [3.63, 3.8) is 0 Å². The van der Waals surface area contributed by atoms with Gasteiger partial charge in [-0.25, -0.2) is 15.0 Å². The van der Waals surface area contributed by atoms with Crippen LogP contribution in [0, 0.1) is 0 Å². The molecule has 7 aromatic rings. The van der Waals surface area contributed by atoms with Crippen molar-refractivity contribution in [2.24, 2.45) is 0 Å². The zero-order chi connectivity index (χ0) is 21.1. The third-order valence-electron chi connectivity index (χ3n) is 5.93. The molecule has 0 spiro atoms. The molecule has 0 aliphatic rings. The van der Waals surface area contributed by atoms with Gasteiger partial charge in [-0.1, -0.05) is 36.4 Å². The fourth-order valence-electron chi connectivity index (χ4n) is 4.61. The Morgan fingerprint density at radius 2 is 1.44 bits per heavy atom. The van der Waals surface area contributed by atoms with Crippen LogP contribution in [-0.4, -0.2) is 29.1 Å². The SMILES string of the molecule is c1ccc(-n2c3ccccc3c3cc4c(nc32)c2ncccc2n4-c2ccncn2)cc1. The molecule has 0 unspecified atom stereocenters. The second kappa shape index (κ2) is 6.46. The Morgan fingerprint density at radius 1 is 0.594 bits per heavy atom. The van der Waals surface area contributed by atoms with Crippen LogP contribution in [0.4, 0.5) is 0 Å². The first-order chi connectivity index (χ1) is 15.9. The van der Waals surface area contributed by atoms with E-state index in [4.69, 9.17) is 4.98 Å². The number of para-hydroxylation sites is 2. The largest absolute Gasteiger partial charge is 0.294 e. The van der Waals surface area contributed by atoms with Crippen LogP contribution in [0.2, 0.25) is 0 Å². The van der Waals surface area contributed by atoms with Gasteiger partial charge in [-0.05, 0) is 42.5 Å². The smallest absolute Gasteiger partial charge is 0.146 e. The second-order valence-corrected chi connectivity index (χ2v) is 7.69. The lowest BCUT2D eigenvalue weighted by atomic mass is 10.2. The van der Waals surface area contributed by atoms with E-state index < -0.39 is 0 Å². The summed E-state index contributed by atoms with van der Waals surface area (Å²) in [4.78, 5) is 18.5. The Morgan fingerprint density at radius 3 is 2.31 bits per heavy atom. The third kappa shape index (κ3) is 2.29. The molecular formula is C26H16N6. The molecule has 6 heteroatoms. The maximum absolute atomic E-state index is 5.20. The fourth-order valence-corrected chi connectivity index (χ4v) is 4.61. The van der Waals surface area contributed by atoms with Crippen LogP contribution < -0.4 is 0 Å². The zero-order valence-corrected chi connectivity index (χ0v) is 16.9. The first-order valence-electron chi connectivity index (χ1n) is 10.4. The van der Waals surface area contributed by atoms with Crippen LogP contribution in [0.5, 0.6) is 0 Å². The zero-order valence-electron chi connectivity index (χ0n) is 16.9. The number of fused-ring (bicyclic) bond motifs is 6. The van der Waals surface area contributed by atoms with Gasteiger partial charge >= 0.3 is 0 Å². The monoisotopic (exact) mass is 412 g/mol. The number of hydrogen-bond donors (Lipinski definition) is 0. The molecule has 5 aromatic heterocycles. The molecule has 6 nitrogen and oxygen atoms in total. The highest BCUT2D eigenvalue weighted by Gasteiger charge is 2.20. The van der Waals surface area contributed by atoms with Crippen LogP contribution in [0.1, 0.15) is 0 Å². The Bertz CT molecular complexity index is 1630. The van der Waals surface area contributed by atoms with Gasteiger partial charge in [0.15, 0.2) is 0 Å². The molecule has 5 heterocycles. The average molecular weight is 412 g/mol. The minimum absolute atomic E-state index is 0.793. The molecule has 0 bridgehead atoms. The van der Waals surface area contributed by atoms with Gasteiger partial charge in [-0.3, -0.25) is 14.1 Å². The van der Waals surface area contributed by atoms with Crippen molar-refractivity contribution >= 4 is 44.0 Å². The molecule has 0 aliphatic heterocycles. The van der Waals surface area contributed by atoms with Crippen LogP contribution in [-0.2, 0) is 0 Å². The van der Waals surface area contributed by atoms with Gasteiger partial charge in [-0.2, -0.15) is 0 Å². The van der Waals surface area contributed by atoms with Crippen LogP contribution in [0.15, 0.2) is 97.6 Å². The van der Waals surface area contributed by atoms with Crippen LogP contribution >= 0.6 is 0 Å². The Kier molecular flexibility index (Phi) is 3.46. The summed E-state index contributed by atoms with van der Waals surface area (Å²) in [5.74, 6) is 0.793. The van der Waals surface area contributed by atoms with Crippen molar-refractivity contribution in [3.8, 4) is 11.5 Å². The normalized spacial score (nSPS) is 11.8. The first kappa shape index (κ1) is 17.1. The lowest BCUT2D eigenvalue weighted by molar-refractivity contribution is 1.04. The van der Waals surface area contributed by atoms with Crippen molar-refractivity contribution in [1.29, 1.82) is 0 Å². The second-order valence-electron chi connectivity index (χ2n) is 7.69. The van der Waals surface area contributed by atoms with Gasteiger partial charge in [0.05, 0.1) is 16.6 Å². The number of nitrogens with zero attached hydrogens (tertiary/aromatic N) is 6. The summed E-state index contributed by atoms with van der Waals surface area (Å²) < 4.78 is 4.33. The summed E-state index contributed by atoms with van der Waals surface area (Å²) in [5, 5.41) is 2.25. The van der Waals surface area contributed by atoms with Gasteiger partial charge in [-0.15, -0.1) is 0 Å². The van der Waals surface area contributed by atoms with Crippen molar-refractivity contribution in [3.05, 3.63) is 97.6 Å². The summed E-state index contributed by atoms with van der Waals surface area (Å²) in [6.45, 7) is 0. The minimum Gasteiger partial charge on any atom is -0.294 e. The van der Waals surface area contributed by atoms with Gasteiger partial charge in [0, 0.05) is 28.9 Å². The molecule has 32 heavy (non-hydrogen) atoms. The van der Waals surface area contributed by atoms with Gasteiger partial charge in [0.25, 0.3) is 0 Å². The highest BCUT2D eigenvalue weighted by atomic mass is 15.1. The lowest BCUT2D eigenvalue weighted by Gasteiger charge is -2.07. The van der Waals surface area contributed by atoms with Gasteiger partial charge in [0.1, 0.15) is 28.8 Å². The number of pyridine rings is 2. The predicted molar refractivity (Wildman–Crippen MR) is 126 cm³/mol. The summed E-state index contributed by atoms with van der Waals surface area (Å²) in [7, 11) is 0. The molecule has 7 rings (SSSR count). The maximum atomic E-state index is 5.20. The minimum atomic E-state index is 0.793. The van der Waals surface area contributed by atoms with E-state index in [1.54, 1.807) is 12.5 Å². The summed E-state index contributed by atoms with van der Waals surface area (Å²) in [5.41, 5.74) is 6.77. The van der Waals surface area contributed by atoms with E-state index in [0.29, 0.717) is 0 Å². The first-order valence-corrected chi connectivity index (χ1v) is 10.4. The van der Waals surface area contributed by atoms with E-state index in [0.717, 1.165) is 55.5 Å². The molecule has 0 saturated carbocycles. The van der Waals surface area contributed by atoms with Crippen molar-refractivity contribution < 1.29 is 0 Å². The van der Waals surface area contributed by atoms with Crippen LogP contribution in [0.25, 0.3) is 55.5 Å². The van der Waals surface area contributed by atoms with E-state index in [1.807, 2.05) is 24.4 Å². The Balaban J connectivity index is 1.71. The fraction of sp³-hybridized carbons (Fsp3) is 0. The molecule has 0 radical (unpaired) electrons. The molecular weight excluding hydrogens is 396 g/mol. The number of aromatic nitrogens is 6. The van der Waals surface area contributed by atoms with E-state index in [-0.39, 0.29) is 0 Å². The molecule has 0 saturated heterocycles. The van der Waals surface area contributed by atoms with Gasteiger partial charge < -0.3 is 0 Å². The number of rotatable bonds is 2. The molecule has 0 atom stereocenters. The molecule has 0 amide bonds. The molecule has 0 N–H and O–H groups in total. The van der Waals surface area contributed by atoms with Crippen molar-refractivity contribution in [1.82, 2.24) is 29.1 Å². The van der Waals surface area contributed by atoms with Crippen LogP contribution in [0.3, 0.4) is 0 Å². The number of benzene rings is 2. The summed E-state index contributed by atoms with van der Waals surface area (Å²) >= 11 is 0. The van der Waals surface area contributed by atoms with Crippen molar-refractivity contribution in [2.45, 2.75) is 0 Å². The molecule has 2 aromatic carbocycles. The van der Waals surface area contributed by atoms with E-state index in [1.165, 1.54) is 0 Å². The number of hydrogen-bond acceptors (Lipinski definition) is 4. The standard InChI is InChI=1S/C26H16N6/c1-2-7-17(8-3-1)31-20-10-5-4-9-18(20)19-15-22-25(30-26(19)31)24-21(11-6-13-28-24)32(22)23-12-14-27-16-29-23/h1-16H. The van der Waals surface area contributed by atoms with Gasteiger partial charge in [0.2, 0.25) is 0 Å². The predicted octanol–water partition coefficient (Wildman–Crippen LogP) is 5.46. The Labute approximate surface area is 182 Å².